The van der Waals surface area contributed by atoms with Crippen molar-refractivity contribution in [2.75, 3.05) is 7.11 Å². The van der Waals surface area contributed by atoms with Gasteiger partial charge in [-0.25, -0.2) is 14.0 Å². The molecule has 0 atom stereocenters. The van der Waals surface area contributed by atoms with E-state index < -0.39 is 23.0 Å². The number of hydrogen-bond acceptors (Lipinski definition) is 4. The maximum atomic E-state index is 13.3. The van der Waals surface area contributed by atoms with Crippen molar-refractivity contribution in [3.8, 4) is 0 Å². The molecule has 3 rings (SSSR count). The van der Waals surface area contributed by atoms with Gasteiger partial charge in [-0.2, -0.15) is 0 Å². The zero-order valence-electron chi connectivity index (χ0n) is 14.0. The van der Waals surface area contributed by atoms with Gasteiger partial charge >= 0.3 is 11.7 Å². The Bertz CT molecular complexity index is 1150. The van der Waals surface area contributed by atoms with Crippen LogP contribution in [0.2, 0.25) is 5.02 Å². The van der Waals surface area contributed by atoms with Crippen LogP contribution in [0.5, 0.6) is 0 Å². The minimum Gasteiger partial charge on any atom is -0.465 e. The highest BCUT2D eigenvalue weighted by Crippen LogP contribution is 2.17. The van der Waals surface area contributed by atoms with Crippen LogP contribution in [0.25, 0.3) is 10.9 Å². The molecule has 0 radical (unpaired) electrons. The molecule has 0 saturated carbocycles. The van der Waals surface area contributed by atoms with Gasteiger partial charge in [0.2, 0.25) is 0 Å². The Morgan fingerprint density at radius 1 is 1.19 bits per heavy atom. The number of halogens is 2. The minimum atomic E-state index is -0.586. The van der Waals surface area contributed by atoms with Crippen molar-refractivity contribution in [1.29, 1.82) is 0 Å². The average molecular weight is 377 g/mol. The number of esters is 1. The molecule has 1 aromatic heterocycles. The van der Waals surface area contributed by atoms with E-state index in [9.17, 15) is 18.8 Å². The Morgan fingerprint density at radius 3 is 2.58 bits per heavy atom. The predicted molar refractivity (Wildman–Crippen MR) is 95.3 cm³/mol. The summed E-state index contributed by atoms with van der Waals surface area (Å²) < 4.78 is 20.3. The molecule has 0 aliphatic rings. The topological polar surface area (TPSA) is 70.3 Å². The summed E-state index contributed by atoms with van der Waals surface area (Å²) >= 11 is 5.76. The quantitative estimate of drug-likeness (QED) is 0.658. The van der Waals surface area contributed by atoms with Crippen molar-refractivity contribution in [1.82, 2.24) is 9.13 Å². The van der Waals surface area contributed by atoms with E-state index in [0.29, 0.717) is 11.1 Å². The van der Waals surface area contributed by atoms with Gasteiger partial charge in [0.1, 0.15) is 5.82 Å². The van der Waals surface area contributed by atoms with Gasteiger partial charge in [-0.05, 0) is 35.9 Å². The second kappa shape index (κ2) is 6.76. The zero-order valence-corrected chi connectivity index (χ0v) is 14.7. The Hall–Kier alpha value is -2.93. The summed E-state index contributed by atoms with van der Waals surface area (Å²) in [5.41, 5.74) is -0.00435. The highest BCUT2D eigenvalue weighted by Gasteiger charge is 2.15. The maximum Gasteiger partial charge on any atom is 0.337 e. The number of benzene rings is 2. The third-order valence-corrected chi connectivity index (χ3v) is 4.39. The summed E-state index contributed by atoms with van der Waals surface area (Å²) in [6.45, 7) is -0.0795. The lowest BCUT2D eigenvalue weighted by Gasteiger charge is -2.12. The molecule has 3 aromatic rings. The van der Waals surface area contributed by atoms with E-state index in [2.05, 4.69) is 4.74 Å². The van der Waals surface area contributed by atoms with Crippen molar-refractivity contribution < 1.29 is 13.9 Å². The monoisotopic (exact) mass is 376 g/mol. The van der Waals surface area contributed by atoms with Crippen molar-refractivity contribution in [3.63, 3.8) is 0 Å². The average Bonchev–Trinajstić information content (AvgIpc) is 2.65. The van der Waals surface area contributed by atoms with E-state index in [4.69, 9.17) is 11.6 Å². The van der Waals surface area contributed by atoms with Crippen LogP contribution in [-0.2, 0) is 18.3 Å². The molecule has 1 heterocycles. The Morgan fingerprint density at radius 2 is 1.92 bits per heavy atom. The molecule has 0 aliphatic heterocycles. The summed E-state index contributed by atoms with van der Waals surface area (Å²) in [6, 6.07) is 8.36. The molecular weight excluding hydrogens is 363 g/mol. The van der Waals surface area contributed by atoms with Gasteiger partial charge in [0.25, 0.3) is 5.56 Å². The molecule has 0 unspecified atom stereocenters. The lowest BCUT2D eigenvalue weighted by Crippen LogP contribution is -2.39. The number of fused-ring (bicyclic) bond motifs is 1. The number of carbonyl (C=O) groups excluding carboxylic acids is 1. The molecule has 0 saturated heterocycles. The molecule has 134 valence electrons. The fourth-order valence-electron chi connectivity index (χ4n) is 2.72. The lowest BCUT2D eigenvalue weighted by molar-refractivity contribution is 0.0601. The first-order chi connectivity index (χ1) is 12.3. The second-order valence-electron chi connectivity index (χ2n) is 5.70. The van der Waals surface area contributed by atoms with E-state index >= 15 is 0 Å². The van der Waals surface area contributed by atoms with Crippen LogP contribution in [0.15, 0.2) is 46.0 Å². The number of carbonyl (C=O) groups is 1. The lowest BCUT2D eigenvalue weighted by atomic mass is 10.1. The molecule has 0 fully saturated rings. The third-order valence-electron chi connectivity index (χ3n) is 4.10. The molecule has 0 amide bonds. The normalized spacial score (nSPS) is 10.9. The van der Waals surface area contributed by atoms with E-state index in [1.54, 1.807) is 0 Å². The van der Waals surface area contributed by atoms with Crippen LogP contribution < -0.4 is 11.2 Å². The number of aromatic nitrogens is 2. The number of nitrogens with zero attached hydrogens (tertiary/aromatic N) is 2. The van der Waals surface area contributed by atoms with Crippen LogP contribution in [0.4, 0.5) is 4.39 Å². The first kappa shape index (κ1) is 17.9. The van der Waals surface area contributed by atoms with Crippen LogP contribution in [0.1, 0.15) is 15.9 Å². The maximum absolute atomic E-state index is 13.3. The van der Waals surface area contributed by atoms with Gasteiger partial charge in [0.15, 0.2) is 0 Å². The van der Waals surface area contributed by atoms with Gasteiger partial charge in [0.05, 0.1) is 35.1 Å². The smallest absolute Gasteiger partial charge is 0.337 e. The number of hydrogen-bond donors (Lipinski definition) is 0. The van der Waals surface area contributed by atoms with Gasteiger partial charge in [0, 0.05) is 7.05 Å². The van der Waals surface area contributed by atoms with Gasteiger partial charge in [-0.15, -0.1) is 0 Å². The minimum absolute atomic E-state index is 0.0795. The highest BCUT2D eigenvalue weighted by atomic mass is 35.5. The fourth-order valence-corrected chi connectivity index (χ4v) is 2.92. The molecule has 0 aliphatic carbocycles. The van der Waals surface area contributed by atoms with Crippen molar-refractivity contribution in [3.05, 3.63) is 79.2 Å². The summed E-state index contributed by atoms with van der Waals surface area (Å²) in [5.74, 6) is -1.17. The van der Waals surface area contributed by atoms with E-state index in [1.165, 1.54) is 55.1 Å². The Balaban J connectivity index is 2.21. The third kappa shape index (κ3) is 3.01. The van der Waals surface area contributed by atoms with Crippen LogP contribution in [0.3, 0.4) is 0 Å². The zero-order chi connectivity index (χ0) is 19.0. The van der Waals surface area contributed by atoms with E-state index in [0.717, 1.165) is 4.57 Å². The molecular formula is C18H14ClFN2O4. The summed E-state index contributed by atoms with van der Waals surface area (Å²) in [4.78, 5) is 37.1. The fraction of sp³-hybridized carbons (Fsp3) is 0.167. The summed E-state index contributed by atoms with van der Waals surface area (Å²) in [5, 5.41) is 0.101. The number of rotatable bonds is 3. The summed E-state index contributed by atoms with van der Waals surface area (Å²) in [6.07, 6.45) is 0. The molecule has 8 heteroatoms. The Kier molecular flexibility index (Phi) is 4.65. The van der Waals surface area contributed by atoms with E-state index in [-0.39, 0.29) is 22.5 Å². The highest BCUT2D eigenvalue weighted by molar-refractivity contribution is 6.30. The van der Waals surface area contributed by atoms with Crippen LogP contribution in [0, 0.1) is 5.82 Å². The number of aryl methyl sites for hydroxylation is 1. The standard InChI is InChI=1S/C18H14ClFN2O4/c1-21-15-6-4-11(17(24)26-2)8-12(15)16(23)22(18(21)25)9-10-3-5-14(20)13(19)7-10/h3-8H,9H2,1-2H3. The number of methoxy groups -OCH3 is 1. The first-order valence-corrected chi connectivity index (χ1v) is 7.97. The molecule has 0 N–H and O–H groups in total. The van der Waals surface area contributed by atoms with Crippen molar-refractivity contribution >= 4 is 28.5 Å². The van der Waals surface area contributed by atoms with E-state index in [1.807, 2.05) is 0 Å². The molecule has 2 aromatic carbocycles. The number of ether oxygens (including phenoxy) is 1. The molecule has 26 heavy (non-hydrogen) atoms. The van der Waals surface area contributed by atoms with Crippen LogP contribution >= 0.6 is 11.6 Å². The SMILES string of the molecule is COC(=O)c1ccc2c(c1)c(=O)n(Cc1ccc(F)c(Cl)c1)c(=O)n2C. The van der Waals surface area contributed by atoms with Gasteiger partial charge < -0.3 is 4.74 Å². The molecule has 6 nitrogen and oxygen atoms in total. The van der Waals surface area contributed by atoms with Gasteiger partial charge in [-0.3, -0.25) is 13.9 Å². The first-order valence-electron chi connectivity index (χ1n) is 7.59. The van der Waals surface area contributed by atoms with Crippen molar-refractivity contribution in [2.24, 2.45) is 7.05 Å². The molecule has 0 bridgehead atoms. The second-order valence-corrected chi connectivity index (χ2v) is 6.11. The summed E-state index contributed by atoms with van der Waals surface area (Å²) in [7, 11) is 2.76. The van der Waals surface area contributed by atoms with Crippen molar-refractivity contribution in [2.45, 2.75) is 6.54 Å². The van der Waals surface area contributed by atoms with Crippen LogP contribution in [-0.4, -0.2) is 22.2 Å². The molecule has 0 spiro atoms. The largest absolute Gasteiger partial charge is 0.465 e. The Labute approximate surface area is 152 Å². The van der Waals surface area contributed by atoms with Gasteiger partial charge in [-0.1, -0.05) is 17.7 Å². The predicted octanol–water partition coefficient (Wildman–Crippen LogP) is 2.33.